The molecule has 1 unspecified atom stereocenters. The Hall–Kier alpha value is -2.01. The van der Waals surface area contributed by atoms with Crippen molar-refractivity contribution in [3.8, 4) is 0 Å². The van der Waals surface area contributed by atoms with Crippen molar-refractivity contribution in [1.82, 2.24) is 13.9 Å². The molecule has 0 aliphatic carbocycles. The van der Waals surface area contributed by atoms with E-state index < -0.39 is 21.7 Å². The lowest BCUT2D eigenvalue weighted by Gasteiger charge is -2.30. The van der Waals surface area contributed by atoms with E-state index in [0.29, 0.717) is 49.4 Å². The van der Waals surface area contributed by atoms with Crippen molar-refractivity contribution in [3.05, 3.63) is 53.6 Å². The number of ether oxygens (including phenoxy) is 1. The van der Waals surface area contributed by atoms with Crippen LogP contribution >= 0.6 is 11.8 Å². The van der Waals surface area contributed by atoms with Crippen LogP contribution in [0.2, 0.25) is 0 Å². The van der Waals surface area contributed by atoms with Gasteiger partial charge in [-0.1, -0.05) is 30.8 Å². The molecule has 1 saturated heterocycles. The van der Waals surface area contributed by atoms with E-state index in [1.165, 1.54) is 17.8 Å². The van der Waals surface area contributed by atoms with E-state index in [0.717, 1.165) is 30.8 Å². The summed E-state index contributed by atoms with van der Waals surface area (Å²) in [6.07, 6.45) is 2.63. The zero-order valence-corrected chi connectivity index (χ0v) is 21.7. The number of piperidine rings is 1. The van der Waals surface area contributed by atoms with Crippen molar-refractivity contribution in [2.75, 3.05) is 26.3 Å². The van der Waals surface area contributed by atoms with Crippen molar-refractivity contribution in [1.29, 1.82) is 0 Å². The van der Waals surface area contributed by atoms with Gasteiger partial charge in [0.2, 0.25) is 10.0 Å². The third-order valence-electron chi connectivity index (χ3n) is 6.21. The minimum Gasteiger partial charge on any atom is -0.382 e. The second kappa shape index (κ2) is 11.4. The molecule has 3 aromatic rings. The van der Waals surface area contributed by atoms with Crippen LogP contribution in [0.1, 0.15) is 38.7 Å². The number of thioether (sulfide) groups is 1. The molecule has 6 nitrogen and oxygen atoms in total. The molecule has 0 amide bonds. The number of sulfonamides is 1. The molecule has 0 saturated carbocycles. The Morgan fingerprint density at radius 2 is 2.06 bits per heavy atom. The lowest BCUT2D eigenvalue weighted by Crippen LogP contribution is -2.39. The lowest BCUT2D eigenvalue weighted by molar-refractivity contribution is 0.141. The highest BCUT2D eigenvalue weighted by molar-refractivity contribution is 7.98. The van der Waals surface area contributed by atoms with E-state index in [2.05, 4.69) is 6.92 Å². The number of hydrogen-bond donors (Lipinski definition) is 0. The third-order valence-corrected chi connectivity index (χ3v) is 9.09. The molecule has 1 fully saturated rings. The molecule has 190 valence electrons. The maximum Gasteiger partial charge on any atom is 0.243 e. The zero-order chi connectivity index (χ0) is 25.0. The number of aryl methyl sites for hydroxylation is 1. The summed E-state index contributed by atoms with van der Waals surface area (Å²) in [5.74, 6) is -1.20. The fourth-order valence-electron chi connectivity index (χ4n) is 4.36. The lowest BCUT2D eigenvalue weighted by atomic mass is 10.0. The number of imidazole rings is 1. The van der Waals surface area contributed by atoms with E-state index in [1.54, 1.807) is 28.6 Å². The van der Waals surface area contributed by atoms with Gasteiger partial charge in [-0.15, -0.1) is 0 Å². The largest absolute Gasteiger partial charge is 0.382 e. The predicted molar refractivity (Wildman–Crippen MR) is 134 cm³/mol. The van der Waals surface area contributed by atoms with Crippen LogP contribution in [0, 0.1) is 17.6 Å². The van der Waals surface area contributed by atoms with E-state index in [-0.39, 0.29) is 16.2 Å². The maximum atomic E-state index is 14.2. The topological polar surface area (TPSA) is 64.4 Å². The van der Waals surface area contributed by atoms with E-state index in [1.807, 2.05) is 11.5 Å². The molecule has 0 bridgehead atoms. The SMILES string of the molecule is CCOCCCn1c(SCc2cccc(F)c2F)nc2cc(S(=O)(=O)N3CCCC(C)C3)ccc21. The second-order valence-electron chi connectivity index (χ2n) is 8.86. The fraction of sp³-hybridized carbons (Fsp3) is 0.480. The van der Waals surface area contributed by atoms with E-state index in [9.17, 15) is 17.2 Å². The van der Waals surface area contributed by atoms with Gasteiger partial charge in [0, 0.05) is 44.2 Å². The molecular weight excluding hydrogens is 492 g/mol. The molecule has 0 N–H and O–H groups in total. The number of hydrogen-bond acceptors (Lipinski definition) is 5. The Balaban J connectivity index is 1.64. The maximum absolute atomic E-state index is 14.2. The van der Waals surface area contributed by atoms with Crippen molar-refractivity contribution in [2.45, 2.75) is 55.5 Å². The van der Waals surface area contributed by atoms with Crippen molar-refractivity contribution in [2.24, 2.45) is 5.92 Å². The van der Waals surface area contributed by atoms with Gasteiger partial charge in [0.1, 0.15) is 0 Å². The van der Waals surface area contributed by atoms with Crippen molar-refractivity contribution >= 4 is 32.8 Å². The molecule has 1 aliphatic rings. The van der Waals surface area contributed by atoms with E-state index >= 15 is 0 Å². The van der Waals surface area contributed by atoms with Gasteiger partial charge in [0.25, 0.3) is 0 Å². The van der Waals surface area contributed by atoms with Crippen molar-refractivity contribution < 1.29 is 21.9 Å². The first kappa shape index (κ1) is 26.1. The highest BCUT2D eigenvalue weighted by atomic mass is 32.2. The van der Waals surface area contributed by atoms with Crippen molar-refractivity contribution in [3.63, 3.8) is 0 Å². The number of fused-ring (bicyclic) bond motifs is 1. The van der Waals surface area contributed by atoms with Crippen LogP contribution in [0.3, 0.4) is 0 Å². The van der Waals surface area contributed by atoms with Crippen LogP contribution in [0.4, 0.5) is 8.78 Å². The molecule has 10 heteroatoms. The van der Waals surface area contributed by atoms with Crippen LogP contribution in [0.15, 0.2) is 46.5 Å². The summed E-state index contributed by atoms with van der Waals surface area (Å²) >= 11 is 1.30. The number of nitrogens with zero attached hydrogens (tertiary/aromatic N) is 3. The Labute approximate surface area is 209 Å². The smallest absolute Gasteiger partial charge is 0.243 e. The molecule has 0 radical (unpaired) electrons. The number of aromatic nitrogens is 2. The van der Waals surface area contributed by atoms with Gasteiger partial charge < -0.3 is 9.30 Å². The molecule has 2 aromatic carbocycles. The highest BCUT2D eigenvalue weighted by Gasteiger charge is 2.29. The van der Waals surface area contributed by atoms with Gasteiger partial charge in [-0.05, 0) is 56.4 Å². The second-order valence-corrected chi connectivity index (χ2v) is 11.7. The molecule has 1 aromatic heterocycles. The molecule has 1 atom stereocenters. The fourth-order valence-corrected chi connectivity index (χ4v) is 6.99. The summed E-state index contributed by atoms with van der Waals surface area (Å²) in [4.78, 5) is 4.93. The van der Waals surface area contributed by atoms with Gasteiger partial charge >= 0.3 is 0 Å². The summed E-state index contributed by atoms with van der Waals surface area (Å²) in [5.41, 5.74) is 1.62. The first-order valence-corrected chi connectivity index (χ1v) is 14.4. The summed E-state index contributed by atoms with van der Waals surface area (Å²) in [6.45, 7) is 6.87. The van der Waals surface area contributed by atoms with Gasteiger partial charge in [0.05, 0.1) is 15.9 Å². The molecule has 4 rings (SSSR count). The highest BCUT2D eigenvalue weighted by Crippen LogP contribution is 2.31. The van der Waals surface area contributed by atoms with Crippen LogP contribution < -0.4 is 0 Å². The molecule has 1 aliphatic heterocycles. The Kier molecular flexibility index (Phi) is 8.46. The monoisotopic (exact) mass is 523 g/mol. The van der Waals surface area contributed by atoms with Crippen LogP contribution in [0.25, 0.3) is 11.0 Å². The Morgan fingerprint density at radius 1 is 1.23 bits per heavy atom. The summed E-state index contributed by atoms with van der Waals surface area (Å²) < 4.78 is 63.4. The number of benzene rings is 2. The first-order valence-electron chi connectivity index (χ1n) is 11.9. The van der Waals surface area contributed by atoms with Crippen LogP contribution in [-0.4, -0.2) is 48.6 Å². The molecule has 0 spiro atoms. The molecule has 35 heavy (non-hydrogen) atoms. The summed E-state index contributed by atoms with van der Waals surface area (Å²) in [5, 5.41) is 0.626. The predicted octanol–water partition coefficient (Wildman–Crippen LogP) is 5.45. The number of rotatable bonds is 10. The molecular formula is C25H31F2N3O3S2. The minimum absolute atomic E-state index is 0.204. The average Bonchev–Trinajstić information content (AvgIpc) is 3.19. The van der Waals surface area contributed by atoms with Crippen LogP contribution in [0.5, 0.6) is 0 Å². The van der Waals surface area contributed by atoms with Gasteiger partial charge in [0.15, 0.2) is 16.8 Å². The molecule has 2 heterocycles. The van der Waals surface area contributed by atoms with Gasteiger partial charge in [-0.25, -0.2) is 22.2 Å². The first-order chi connectivity index (χ1) is 16.8. The Bertz CT molecular complexity index is 1280. The third kappa shape index (κ3) is 5.87. The zero-order valence-electron chi connectivity index (χ0n) is 20.0. The number of halogens is 2. The average molecular weight is 524 g/mol. The standard InChI is InChI=1S/C25H31F2N3O3S2/c1-3-33-14-6-13-30-23-11-10-20(35(31,32)29-12-5-7-18(2)16-29)15-22(23)28-25(30)34-17-19-8-4-9-21(26)24(19)27/h4,8-11,15,18H,3,5-7,12-14,16-17H2,1-2H3. The van der Waals surface area contributed by atoms with Gasteiger partial charge in [-0.3, -0.25) is 0 Å². The normalized spacial score (nSPS) is 17.3. The summed E-state index contributed by atoms with van der Waals surface area (Å²) in [7, 11) is -3.61. The minimum atomic E-state index is -3.61. The van der Waals surface area contributed by atoms with E-state index in [4.69, 9.17) is 9.72 Å². The quantitative estimate of drug-likeness (QED) is 0.261. The Morgan fingerprint density at radius 3 is 2.83 bits per heavy atom. The van der Waals surface area contributed by atoms with Crippen LogP contribution in [-0.2, 0) is 27.1 Å². The summed E-state index contributed by atoms with van der Waals surface area (Å²) in [6, 6.07) is 9.18. The van der Waals surface area contributed by atoms with Gasteiger partial charge in [-0.2, -0.15) is 4.31 Å².